The predicted molar refractivity (Wildman–Crippen MR) is 87.1 cm³/mol. The van der Waals surface area contributed by atoms with Gasteiger partial charge in [0.1, 0.15) is 11.9 Å². The van der Waals surface area contributed by atoms with Gasteiger partial charge in [0.05, 0.1) is 5.02 Å². The van der Waals surface area contributed by atoms with Gasteiger partial charge in [-0.15, -0.1) is 12.4 Å². The van der Waals surface area contributed by atoms with E-state index in [0.29, 0.717) is 5.02 Å². The van der Waals surface area contributed by atoms with Gasteiger partial charge < -0.3 is 10.1 Å². The number of para-hydroxylation sites is 1. The van der Waals surface area contributed by atoms with Crippen LogP contribution in [-0.4, -0.2) is 13.6 Å². The van der Waals surface area contributed by atoms with E-state index in [2.05, 4.69) is 17.4 Å². The van der Waals surface area contributed by atoms with E-state index < -0.39 is 0 Å². The first-order valence-corrected chi connectivity index (χ1v) is 6.80. The van der Waals surface area contributed by atoms with Gasteiger partial charge in [-0.25, -0.2) is 0 Å². The van der Waals surface area contributed by atoms with E-state index >= 15 is 0 Å². The van der Waals surface area contributed by atoms with Crippen molar-refractivity contribution in [3.05, 3.63) is 65.2 Å². The second-order valence-electron chi connectivity index (χ2n) is 4.34. The first kappa shape index (κ1) is 16.8. The van der Waals surface area contributed by atoms with Gasteiger partial charge in [-0.2, -0.15) is 0 Å². The Morgan fingerprint density at radius 1 is 1.05 bits per heavy atom. The summed E-state index contributed by atoms with van der Waals surface area (Å²) in [5.41, 5.74) is 1.16. The number of rotatable bonds is 6. The van der Waals surface area contributed by atoms with Gasteiger partial charge in [-0.3, -0.25) is 0 Å². The van der Waals surface area contributed by atoms with Crippen LogP contribution in [0.25, 0.3) is 0 Å². The molecule has 0 aliphatic heterocycles. The maximum absolute atomic E-state index is 6.15. The lowest BCUT2D eigenvalue weighted by Gasteiger charge is -2.20. The van der Waals surface area contributed by atoms with Gasteiger partial charge in [0.2, 0.25) is 0 Å². The summed E-state index contributed by atoms with van der Waals surface area (Å²) >= 11 is 6.15. The quantitative estimate of drug-likeness (QED) is 0.848. The molecule has 0 spiro atoms. The third-order valence-corrected chi connectivity index (χ3v) is 3.25. The van der Waals surface area contributed by atoms with Crippen molar-refractivity contribution >= 4 is 24.0 Å². The Morgan fingerprint density at radius 2 is 1.70 bits per heavy atom. The van der Waals surface area contributed by atoms with Crippen molar-refractivity contribution in [2.24, 2.45) is 0 Å². The van der Waals surface area contributed by atoms with Gasteiger partial charge in [0, 0.05) is 6.42 Å². The Balaban J connectivity index is 0.00000200. The summed E-state index contributed by atoms with van der Waals surface area (Å²) in [7, 11) is 1.94. The van der Waals surface area contributed by atoms with E-state index in [-0.39, 0.29) is 18.5 Å². The maximum Gasteiger partial charge on any atom is 0.138 e. The van der Waals surface area contributed by atoms with Crippen LogP contribution in [0.2, 0.25) is 5.02 Å². The molecule has 4 heteroatoms. The second kappa shape index (κ2) is 8.85. The Morgan fingerprint density at radius 3 is 2.35 bits per heavy atom. The number of ether oxygens (including phenoxy) is 1. The van der Waals surface area contributed by atoms with Crippen LogP contribution in [0.15, 0.2) is 54.6 Å². The molecule has 0 aliphatic carbocycles. The molecule has 1 N–H and O–H groups in total. The molecule has 0 aromatic heterocycles. The third kappa shape index (κ3) is 4.71. The Hall–Kier alpha value is -1.22. The highest BCUT2D eigenvalue weighted by atomic mass is 35.5. The van der Waals surface area contributed by atoms with Crippen molar-refractivity contribution in [2.75, 3.05) is 13.6 Å². The highest BCUT2D eigenvalue weighted by molar-refractivity contribution is 6.32. The van der Waals surface area contributed by atoms with Crippen molar-refractivity contribution in [1.29, 1.82) is 0 Å². The summed E-state index contributed by atoms with van der Waals surface area (Å²) < 4.78 is 6.06. The summed E-state index contributed by atoms with van der Waals surface area (Å²) in [6.07, 6.45) is 0.902. The minimum atomic E-state index is 0. The summed E-state index contributed by atoms with van der Waals surface area (Å²) in [5.74, 6) is 0.731. The lowest BCUT2D eigenvalue weighted by Crippen LogP contribution is -2.16. The summed E-state index contributed by atoms with van der Waals surface area (Å²) in [5, 5.41) is 3.80. The Kier molecular flexibility index (Phi) is 7.45. The molecule has 0 radical (unpaired) electrons. The van der Waals surface area contributed by atoms with E-state index in [0.717, 1.165) is 24.3 Å². The van der Waals surface area contributed by atoms with Gasteiger partial charge in [0.15, 0.2) is 0 Å². The fourth-order valence-corrected chi connectivity index (χ4v) is 2.11. The number of benzene rings is 2. The first-order chi connectivity index (χ1) is 9.31. The molecule has 2 nitrogen and oxygen atoms in total. The van der Waals surface area contributed by atoms with Crippen molar-refractivity contribution in [3.8, 4) is 5.75 Å². The third-order valence-electron chi connectivity index (χ3n) is 2.93. The zero-order chi connectivity index (χ0) is 13.5. The Bertz CT molecular complexity index is 505. The van der Waals surface area contributed by atoms with Crippen LogP contribution in [0, 0.1) is 0 Å². The molecule has 0 amide bonds. The minimum absolute atomic E-state index is 0. The van der Waals surface area contributed by atoms with Gasteiger partial charge in [-0.05, 0) is 31.3 Å². The fourth-order valence-electron chi connectivity index (χ4n) is 1.93. The average molecular weight is 312 g/mol. The normalized spacial score (nSPS) is 11.5. The lowest BCUT2D eigenvalue weighted by atomic mass is 10.1. The molecule has 2 rings (SSSR count). The predicted octanol–water partition coefficient (Wildman–Crippen LogP) is 4.49. The summed E-state index contributed by atoms with van der Waals surface area (Å²) in [6.45, 7) is 0.893. The van der Waals surface area contributed by atoms with Crippen LogP contribution >= 0.6 is 24.0 Å². The highest BCUT2D eigenvalue weighted by Crippen LogP contribution is 2.30. The molecule has 0 saturated heterocycles. The molecular weight excluding hydrogens is 293 g/mol. The van der Waals surface area contributed by atoms with Crippen LogP contribution in [-0.2, 0) is 0 Å². The second-order valence-corrected chi connectivity index (χ2v) is 4.75. The molecule has 108 valence electrons. The summed E-state index contributed by atoms with van der Waals surface area (Å²) in [6, 6.07) is 17.8. The Labute approximate surface area is 131 Å². The van der Waals surface area contributed by atoms with Gasteiger partial charge in [-0.1, -0.05) is 54.1 Å². The van der Waals surface area contributed by atoms with Gasteiger partial charge in [0.25, 0.3) is 0 Å². The van der Waals surface area contributed by atoms with E-state index in [1.807, 2.05) is 49.5 Å². The molecule has 0 fully saturated rings. The molecule has 20 heavy (non-hydrogen) atoms. The monoisotopic (exact) mass is 311 g/mol. The van der Waals surface area contributed by atoms with E-state index in [1.165, 1.54) is 0 Å². The minimum Gasteiger partial charge on any atom is -0.484 e. The topological polar surface area (TPSA) is 21.3 Å². The smallest absolute Gasteiger partial charge is 0.138 e. The average Bonchev–Trinajstić information content (AvgIpc) is 2.46. The SMILES string of the molecule is CNCCC(Oc1ccccc1Cl)c1ccccc1.Cl. The molecule has 1 unspecified atom stereocenters. The zero-order valence-electron chi connectivity index (χ0n) is 11.4. The number of halogens is 2. The molecular formula is C16H19Cl2NO. The molecule has 0 aliphatic rings. The molecule has 2 aromatic rings. The van der Waals surface area contributed by atoms with E-state index in [4.69, 9.17) is 16.3 Å². The zero-order valence-corrected chi connectivity index (χ0v) is 13.0. The van der Waals surface area contributed by atoms with Crippen LogP contribution in [0.4, 0.5) is 0 Å². The molecule has 0 saturated carbocycles. The number of hydrogen-bond donors (Lipinski definition) is 1. The van der Waals surface area contributed by atoms with Crippen LogP contribution in [0.3, 0.4) is 0 Å². The fraction of sp³-hybridized carbons (Fsp3) is 0.250. The molecule has 2 aromatic carbocycles. The lowest BCUT2D eigenvalue weighted by molar-refractivity contribution is 0.195. The van der Waals surface area contributed by atoms with Crippen molar-refractivity contribution in [3.63, 3.8) is 0 Å². The van der Waals surface area contributed by atoms with Crippen molar-refractivity contribution in [2.45, 2.75) is 12.5 Å². The van der Waals surface area contributed by atoms with E-state index in [1.54, 1.807) is 0 Å². The molecule has 0 heterocycles. The molecule has 1 atom stereocenters. The van der Waals surface area contributed by atoms with Crippen LogP contribution in [0.1, 0.15) is 18.1 Å². The number of hydrogen-bond acceptors (Lipinski definition) is 2. The van der Waals surface area contributed by atoms with Crippen molar-refractivity contribution < 1.29 is 4.74 Å². The van der Waals surface area contributed by atoms with Crippen molar-refractivity contribution in [1.82, 2.24) is 5.32 Å². The van der Waals surface area contributed by atoms with Gasteiger partial charge >= 0.3 is 0 Å². The highest BCUT2D eigenvalue weighted by Gasteiger charge is 2.14. The largest absolute Gasteiger partial charge is 0.484 e. The standard InChI is InChI=1S/C16H18ClNO.ClH/c1-18-12-11-15(13-7-3-2-4-8-13)19-16-10-6-5-9-14(16)17;/h2-10,15,18H,11-12H2,1H3;1H. The first-order valence-electron chi connectivity index (χ1n) is 6.42. The molecule has 0 bridgehead atoms. The summed E-state index contributed by atoms with van der Waals surface area (Å²) in [4.78, 5) is 0. The maximum atomic E-state index is 6.15. The van der Waals surface area contributed by atoms with Crippen LogP contribution in [0.5, 0.6) is 5.75 Å². The number of nitrogens with one attached hydrogen (secondary N) is 1. The van der Waals surface area contributed by atoms with E-state index in [9.17, 15) is 0 Å². The van der Waals surface area contributed by atoms with Crippen LogP contribution < -0.4 is 10.1 Å².